The average Bonchev–Trinajstić information content (AvgIpc) is 4.50. The van der Waals surface area contributed by atoms with Crippen LogP contribution in [0.1, 0.15) is 33.4 Å². The van der Waals surface area contributed by atoms with Crippen molar-refractivity contribution in [2.45, 2.75) is 40.4 Å². The molecule has 1 aliphatic rings. The molecular weight excluding hydrogens is 1040 g/mol. The number of ether oxygens (including phenoxy) is 3. The Morgan fingerprint density at radius 3 is 1.48 bits per heavy atom. The molecule has 0 aliphatic carbocycles. The third-order valence-corrected chi connectivity index (χ3v) is 13.0. The molecule has 81 heavy (non-hydrogen) atoms. The number of methoxy groups -OCH3 is 1. The van der Waals surface area contributed by atoms with E-state index < -0.39 is 0 Å². The summed E-state index contributed by atoms with van der Waals surface area (Å²) < 4.78 is 26.4. The Bertz CT molecular complexity index is 4290. The van der Waals surface area contributed by atoms with Gasteiger partial charge < -0.3 is 33.0 Å². The van der Waals surface area contributed by atoms with E-state index in [0.717, 1.165) is 77.7 Å². The third kappa shape index (κ3) is 12.2. The van der Waals surface area contributed by atoms with Gasteiger partial charge in [-0.15, -0.1) is 0 Å². The Kier molecular flexibility index (Phi) is 15.2. The number of hydrogen-bond donors (Lipinski definition) is 4. The van der Waals surface area contributed by atoms with E-state index >= 15 is 0 Å². The Labute approximate surface area is 459 Å². The van der Waals surface area contributed by atoms with Gasteiger partial charge in [0.2, 0.25) is 17.8 Å². The van der Waals surface area contributed by atoms with Crippen molar-refractivity contribution in [3.05, 3.63) is 193 Å². The first-order valence-electron chi connectivity index (χ1n) is 25.7. The minimum absolute atomic E-state index is 0.208. The number of aromatic nitrogens is 18. The summed E-state index contributed by atoms with van der Waals surface area (Å²) in [5.41, 5.74) is 7.54. The summed E-state index contributed by atoms with van der Waals surface area (Å²) in [4.78, 5) is 73.9. The number of hydrogen-bond acceptors (Lipinski definition) is 17. The maximum absolute atomic E-state index is 12.7. The van der Waals surface area contributed by atoms with Crippen LogP contribution in [0.25, 0.3) is 51.3 Å². The van der Waals surface area contributed by atoms with Gasteiger partial charge in [-0.05, 0) is 90.6 Å². The van der Waals surface area contributed by atoms with Crippen molar-refractivity contribution in [2.24, 2.45) is 0 Å². The van der Waals surface area contributed by atoms with E-state index in [1.165, 1.54) is 9.36 Å². The summed E-state index contributed by atoms with van der Waals surface area (Å²) >= 11 is 0. The summed E-state index contributed by atoms with van der Waals surface area (Å²) in [7, 11) is 1.63. The molecular formula is C55H55N19O7. The molecule has 0 unspecified atom stereocenters. The quantitative estimate of drug-likeness (QED) is 0.117. The van der Waals surface area contributed by atoms with Crippen LogP contribution < -0.4 is 26.2 Å². The number of fused-ring (bicyclic) bond motifs is 3. The van der Waals surface area contributed by atoms with E-state index in [0.29, 0.717) is 72.1 Å². The number of aryl methyl sites for hydroxylation is 3. The third-order valence-electron chi connectivity index (χ3n) is 13.0. The highest BCUT2D eigenvalue weighted by Crippen LogP contribution is 2.19. The first kappa shape index (κ1) is 52.7. The van der Waals surface area contributed by atoms with E-state index in [4.69, 9.17) is 14.2 Å². The van der Waals surface area contributed by atoms with Crippen LogP contribution in [0.2, 0.25) is 0 Å². The van der Waals surface area contributed by atoms with E-state index in [9.17, 15) is 19.5 Å². The van der Waals surface area contributed by atoms with Gasteiger partial charge in [-0.2, -0.15) is 30.2 Å². The molecule has 0 atom stereocenters. The van der Waals surface area contributed by atoms with Crippen LogP contribution in [-0.4, -0.2) is 144 Å². The molecule has 4 N–H and O–H groups in total. The second-order valence-corrected chi connectivity index (χ2v) is 19.2. The summed E-state index contributed by atoms with van der Waals surface area (Å²) in [5.74, 6) is 2.89. The van der Waals surface area contributed by atoms with Gasteiger partial charge in [0.1, 0.15) is 23.9 Å². The summed E-state index contributed by atoms with van der Waals surface area (Å²) in [6.07, 6.45) is 15.3. The van der Waals surface area contributed by atoms with Crippen molar-refractivity contribution >= 4 is 33.5 Å². The van der Waals surface area contributed by atoms with Gasteiger partial charge >= 0.3 is 0 Å². The normalized spacial score (nSPS) is 12.6. The number of nitrogens with zero attached hydrogens (tertiary/aromatic N) is 16. The molecule has 3 aromatic carbocycles. The number of phenolic OH excluding ortho intramolecular Hbond substituents is 1. The van der Waals surface area contributed by atoms with Crippen molar-refractivity contribution in [2.75, 3.05) is 46.6 Å². The Hall–Kier alpha value is -10.3. The number of rotatable bonds is 14. The highest BCUT2D eigenvalue weighted by Gasteiger charge is 2.17. The first-order chi connectivity index (χ1) is 39.4. The largest absolute Gasteiger partial charge is 0.508 e. The SMILES string of the molecule is COc1ccc(Cn2cnc3c(=O)[nH]c(-n4cc(C)cn4)nc32)cc1.Cc1cnn(-c2nc3c(ncn3Cc3ccc(O)cc3)c(=O)[nH]2)c1.Cc1cnn(-c2nc3ncn(Cc4ccc(OCCN5CCOCC5)cc4)c3c(=O)[nH]2)c1. The molecule has 0 saturated carbocycles. The number of imidazole rings is 3. The van der Waals surface area contributed by atoms with Crippen LogP contribution in [0, 0.1) is 20.8 Å². The zero-order chi connectivity index (χ0) is 56.0. The second kappa shape index (κ2) is 23.3. The van der Waals surface area contributed by atoms with Crippen molar-refractivity contribution in [1.29, 1.82) is 0 Å². The van der Waals surface area contributed by atoms with Crippen LogP contribution in [-0.2, 0) is 24.4 Å². The fourth-order valence-corrected chi connectivity index (χ4v) is 8.85. The lowest BCUT2D eigenvalue weighted by atomic mass is 10.2. The van der Waals surface area contributed by atoms with Crippen LogP contribution in [0.3, 0.4) is 0 Å². The summed E-state index contributed by atoms with van der Waals surface area (Å²) in [6, 6.07) is 22.5. The number of morpholine rings is 1. The lowest BCUT2D eigenvalue weighted by Crippen LogP contribution is -2.38. The van der Waals surface area contributed by atoms with Crippen LogP contribution in [0.15, 0.2) is 143 Å². The molecule has 10 heterocycles. The fourth-order valence-electron chi connectivity index (χ4n) is 8.85. The maximum atomic E-state index is 12.7. The lowest BCUT2D eigenvalue weighted by molar-refractivity contribution is 0.0322. The molecule has 12 aromatic rings. The van der Waals surface area contributed by atoms with Gasteiger partial charge in [0.05, 0.1) is 71.0 Å². The Morgan fingerprint density at radius 1 is 0.556 bits per heavy atom. The van der Waals surface area contributed by atoms with Crippen molar-refractivity contribution in [3.63, 3.8) is 0 Å². The topological polar surface area (TPSA) is 295 Å². The predicted molar refractivity (Wildman–Crippen MR) is 298 cm³/mol. The van der Waals surface area contributed by atoms with Crippen LogP contribution >= 0.6 is 0 Å². The molecule has 1 saturated heterocycles. The highest BCUT2D eigenvalue weighted by atomic mass is 16.5. The van der Waals surface area contributed by atoms with Gasteiger partial charge in [0, 0.05) is 44.8 Å². The lowest BCUT2D eigenvalue weighted by Gasteiger charge is -2.26. The minimum Gasteiger partial charge on any atom is -0.508 e. The van der Waals surface area contributed by atoms with Gasteiger partial charge in [0.25, 0.3) is 16.7 Å². The van der Waals surface area contributed by atoms with Gasteiger partial charge in [-0.25, -0.2) is 29.0 Å². The monoisotopic (exact) mass is 1090 g/mol. The zero-order valence-corrected chi connectivity index (χ0v) is 44.5. The molecule has 0 spiro atoms. The van der Waals surface area contributed by atoms with Crippen LogP contribution in [0.5, 0.6) is 17.2 Å². The molecule has 0 radical (unpaired) electrons. The Balaban J connectivity index is 0.000000130. The van der Waals surface area contributed by atoms with E-state index in [1.807, 2.05) is 86.0 Å². The number of aromatic hydroxyl groups is 1. The molecule has 1 aliphatic heterocycles. The van der Waals surface area contributed by atoms with Crippen molar-refractivity contribution < 1.29 is 19.3 Å². The minimum atomic E-state index is -0.312. The number of aromatic amines is 3. The maximum Gasteiger partial charge on any atom is 0.280 e. The Morgan fingerprint density at radius 2 is 1.00 bits per heavy atom. The first-order valence-corrected chi connectivity index (χ1v) is 25.7. The highest BCUT2D eigenvalue weighted by molar-refractivity contribution is 5.71. The molecule has 412 valence electrons. The second-order valence-electron chi connectivity index (χ2n) is 19.2. The van der Waals surface area contributed by atoms with E-state index in [1.54, 1.807) is 89.2 Å². The molecule has 9 aromatic heterocycles. The van der Waals surface area contributed by atoms with Gasteiger partial charge in [-0.3, -0.25) is 34.2 Å². The molecule has 26 nitrogen and oxygen atoms in total. The average molecular weight is 1090 g/mol. The van der Waals surface area contributed by atoms with Crippen molar-refractivity contribution in [3.8, 4) is 35.1 Å². The zero-order valence-electron chi connectivity index (χ0n) is 44.5. The van der Waals surface area contributed by atoms with Crippen LogP contribution in [0.4, 0.5) is 0 Å². The number of H-pyrrole nitrogens is 3. The van der Waals surface area contributed by atoms with Gasteiger partial charge in [0.15, 0.2) is 33.5 Å². The predicted octanol–water partition coefficient (Wildman–Crippen LogP) is 4.41. The molecule has 1 fully saturated rings. The van der Waals surface area contributed by atoms with E-state index in [-0.39, 0.29) is 27.9 Å². The van der Waals surface area contributed by atoms with Crippen molar-refractivity contribution in [1.82, 2.24) is 92.8 Å². The number of nitrogens with one attached hydrogen (secondary N) is 3. The fraction of sp³-hybridized carbons (Fsp3) is 0.236. The molecule has 0 bridgehead atoms. The molecule has 13 rings (SSSR count). The number of benzene rings is 3. The van der Waals surface area contributed by atoms with Gasteiger partial charge in [-0.1, -0.05) is 36.4 Å². The summed E-state index contributed by atoms with van der Waals surface area (Å²) in [5, 5.41) is 21.9. The standard InChI is InChI=1S/C22H25N7O3.C17H16N6O2.C16H14N6O2/c1-16-12-24-29(13-16)22-25-20-19(21(30)26-22)28(15-23-20)14-17-2-4-18(5-3-17)32-11-8-27-6-9-31-10-7-27;1-11-7-19-23(8-11)17-20-15-14(16(24)21-17)18-10-22(15)9-12-3-5-13(25-2)6-4-12;1-10-6-18-22(7-10)16-19-14-13(15(24)20-16)17-9-21(14)8-11-2-4-12(23)5-3-11/h2-5,12-13,15H,6-11,14H2,1H3,(H,25,26,30);3-8,10H,9H2,1-2H3,(H,20,21,24);2-7,9,23H,8H2,1H3,(H,19,20,24). The molecule has 0 amide bonds. The number of phenols is 1. The molecule has 26 heteroatoms. The van der Waals surface area contributed by atoms with E-state index in [2.05, 4.69) is 65.1 Å². The smallest absolute Gasteiger partial charge is 0.280 e. The summed E-state index contributed by atoms with van der Waals surface area (Å²) in [6.45, 7) is 12.3.